The summed E-state index contributed by atoms with van der Waals surface area (Å²) in [5, 5.41) is 4.21. The molecule has 2 aromatic rings. The van der Waals surface area contributed by atoms with Crippen molar-refractivity contribution in [2.24, 2.45) is 0 Å². The predicted octanol–water partition coefficient (Wildman–Crippen LogP) is 4.29. The highest BCUT2D eigenvalue weighted by atomic mass is 35.5. The topological polar surface area (TPSA) is 21.3 Å². The summed E-state index contributed by atoms with van der Waals surface area (Å²) < 4.78 is 5.70. The van der Waals surface area contributed by atoms with E-state index >= 15 is 0 Å². The highest BCUT2D eigenvalue weighted by Crippen LogP contribution is 2.23. The van der Waals surface area contributed by atoms with Crippen LogP contribution in [0.3, 0.4) is 0 Å². The normalized spacial score (nSPS) is 10.5. The summed E-state index contributed by atoms with van der Waals surface area (Å²) in [6.07, 6.45) is 0. The fraction of sp³-hybridized carbons (Fsp3) is 0.200. The third kappa shape index (κ3) is 4.13. The Morgan fingerprint density at radius 1 is 0.947 bits per heavy atom. The van der Waals surface area contributed by atoms with Crippen molar-refractivity contribution in [2.75, 3.05) is 7.05 Å². The van der Waals surface area contributed by atoms with Gasteiger partial charge in [-0.05, 0) is 42.4 Å². The molecule has 0 unspecified atom stereocenters. The molecule has 0 bridgehead atoms. The van der Waals surface area contributed by atoms with Crippen molar-refractivity contribution in [3.05, 3.63) is 63.6 Å². The first-order valence-corrected chi connectivity index (χ1v) is 6.75. The van der Waals surface area contributed by atoms with Gasteiger partial charge in [0, 0.05) is 6.54 Å². The fourth-order valence-corrected chi connectivity index (χ4v) is 2.02. The molecule has 0 spiro atoms. The van der Waals surface area contributed by atoms with E-state index in [-0.39, 0.29) is 0 Å². The molecule has 4 heteroatoms. The summed E-state index contributed by atoms with van der Waals surface area (Å²) in [6.45, 7) is 1.33. The summed E-state index contributed by atoms with van der Waals surface area (Å²) in [5.41, 5.74) is 2.22. The van der Waals surface area contributed by atoms with E-state index in [9.17, 15) is 0 Å². The Balaban J connectivity index is 1.96. The van der Waals surface area contributed by atoms with Crippen LogP contribution in [0.2, 0.25) is 10.0 Å². The zero-order valence-electron chi connectivity index (χ0n) is 10.6. The quantitative estimate of drug-likeness (QED) is 0.888. The molecule has 0 aliphatic carbocycles. The number of hydrogen-bond acceptors (Lipinski definition) is 2. The van der Waals surface area contributed by atoms with Crippen molar-refractivity contribution in [1.82, 2.24) is 5.32 Å². The summed E-state index contributed by atoms with van der Waals surface area (Å²) in [4.78, 5) is 0. The number of halogens is 2. The van der Waals surface area contributed by atoms with Gasteiger partial charge < -0.3 is 10.1 Å². The van der Waals surface area contributed by atoms with Crippen molar-refractivity contribution in [3.63, 3.8) is 0 Å². The van der Waals surface area contributed by atoms with Gasteiger partial charge in [-0.1, -0.05) is 41.4 Å². The first-order chi connectivity index (χ1) is 9.19. The summed E-state index contributed by atoms with van der Waals surface area (Å²) >= 11 is 11.8. The molecule has 19 heavy (non-hydrogen) atoms. The largest absolute Gasteiger partial charge is 0.489 e. The second-order valence-electron chi connectivity index (χ2n) is 4.21. The first kappa shape index (κ1) is 14.2. The highest BCUT2D eigenvalue weighted by Gasteiger charge is 2.01. The monoisotopic (exact) mass is 295 g/mol. The van der Waals surface area contributed by atoms with Gasteiger partial charge in [0.2, 0.25) is 0 Å². The molecule has 0 atom stereocenters. The van der Waals surface area contributed by atoms with Gasteiger partial charge in [0.15, 0.2) is 0 Å². The average molecular weight is 296 g/mol. The van der Waals surface area contributed by atoms with E-state index in [0.29, 0.717) is 16.7 Å². The zero-order chi connectivity index (χ0) is 13.7. The maximum Gasteiger partial charge on any atom is 0.119 e. The van der Waals surface area contributed by atoms with Crippen LogP contribution in [0.4, 0.5) is 0 Å². The Labute approximate surface area is 123 Å². The zero-order valence-corrected chi connectivity index (χ0v) is 12.1. The molecule has 0 radical (unpaired) electrons. The van der Waals surface area contributed by atoms with Crippen LogP contribution in [0.15, 0.2) is 42.5 Å². The minimum Gasteiger partial charge on any atom is -0.489 e. The summed E-state index contributed by atoms with van der Waals surface area (Å²) in [6, 6.07) is 13.5. The lowest BCUT2D eigenvalue weighted by molar-refractivity contribution is 0.306. The van der Waals surface area contributed by atoms with Gasteiger partial charge >= 0.3 is 0 Å². The van der Waals surface area contributed by atoms with Gasteiger partial charge in [0.05, 0.1) is 10.0 Å². The van der Waals surface area contributed by atoms with Crippen LogP contribution in [-0.2, 0) is 13.2 Å². The third-order valence-corrected chi connectivity index (χ3v) is 3.43. The number of benzene rings is 2. The standard InChI is InChI=1S/C15H15Cl2NO/c1-18-9-11-2-5-13(6-3-11)19-10-12-4-7-14(16)15(17)8-12/h2-8,18H,9-10H2,1H3. The smallest absolute Gasteiger partial charge is 0.119 e. The van der Waals surface area contributed by atoms with E-state index in [1.807, 2.05) is 43.4 Å². The van der Waals surface area contributed by atoms with E-state index in [1.165, 1.54) is 5.56 Å². The molecule has 0 heterocycles. The minimum absolute atomic E-state index is 0.474. The maximum absolute atomic E-state index is 5.96. The number of rotatable bonds is 5. The van der Waals surface area contributed by atoms with Gasteiger partial charge in [0.1, 0.15) is 12.4 Å². The summed E-state index contributed by atoms with van der Waals surface area (Å²) in [7, 11) is 1.93. The lowest BCUT2D eigenvalue weighted by Gasteiger charge is -2.08. The van der Waals surface area contributed by atoms with Crippen molar-refractivity contribution < 1.29 is 4.74 Å². The Morgan fingerprint density at radius 2 is 1.63 bits per heavy atom. The molecule has 0 saturated carbocycles. The molecule has 1 N–H and O–H groups in total. The molecule has 2 aromatic carbocycles. The average Bonchev–Trinajstić information content (AvgIpc) is 2.42. The fourth-order valence-electron chi connectivity index (χ4n) is 1.70. The van der Waals surface area contributed by atoms with Crippen molar-refractivity contribution in [3.8, 4) is 5.75 Å². The Bertz CT molecular complexity index is 540. The molecule has 0 aliphatic heterocycles. The minimum atomic E-state index is 0.474. The second-order valence-corrected chi connectivity index (χ2v) is 5.03. The lowest BCUT2D eigenvalue weighted by atomic mass is 10.2. The first-order valence-electron chi connectivity index (χ1n) is 5.99. The molecule has 2 nitrogen and oxygen atoms in total. The van der Waals surface area contributed by atoms with E-state index in [4.69, 9.17) is 27.9 Å². The molecular weight excluding hydrogens is 281 g/mol. The van der Waals surface area contributed by atoms with E-state index < -0.39 is 0 Å². The number of hydrogen-bond donors (Lipinski definition) is 1. The van der Waals surface area contributed by atoms with Gasteiger partial charge in [0.25, 0.3) is 0 Å². The third-order valence-electron chi connectivity index (χ3n) is 2.69. The lowest BCUT2D eigenvalue weighted by Crippen LogP contribution is -2.04. The van der Waals surface area contributed by atoms with Gasteiger partial charge in [-0.2, -0.15) is 0 Å². The number of ether oxygens (including phenoxy) is 1. The molecular formula is C15H15Cl2NO. The Hall–Kier alpha value is -1.22. The van der Waals surface area contributed by atoms with Crippen LogP contribution in [0, 0.1) is 0 Å². The molecule has 0 aliphatic rings. The molecule has 0 aromatic heterocycles. The predicted molar refractivity (Wildman–Crippen MR) is 80.0 cm³/mol. The SMILES string of the molecule is CNCc1ccc(OCc2ccc(Cl)c(Cl)c2)cc1. The van der Waals surface area contributed by atoms with Crippen LogP contribution in [0.5, 0.6) is 5.75 Å². The maximum atomic E-state index is 5.96. The van der Waals surface area contributed by atoms with Crippen LogP contribution >= 0.6 is 23.2 Å². The van der Waals surface area contributed by atoms with E-state index in [0.717, 1.165) is 17.9 Å². The van der Waals surface area contributed by atoms with Crippen LogP contribution in [0.1, 0.15) is 11.1 Å². The molecule has 0 fully saturated rings. The highest BCUT2D eigenvalue weighted by molar-refractivity contribution is 6.42. The Kier molecular flexibility index (Phi) is 5.08. The Morgan fingerprint density at radius 3 is 2.26 bits per heavy atom. The van der Waals surface area contributed by atoms with Gasteiger partial charge in [-0.15, -0.1) is 0 Å². The van der Waals surface area contributed by atoms with Crippen molar-refractivity contribution in [1.29, 1.82) is 0 Å². The van der Waals surface area contributed by atoms with E-state index in [1.54, 1.807) is 6.07 Å². The molecule has 0 amide bonds. The second kappa shape index (κ2) is 6.80. The molecule has 2 rings (SSSR count). The van der Waals surface area contributed by atoms with Gasteiger partial charge in [-0.3, -0.25) is 0 Å². The van der Waals surface area contributed by atoms with Gasteiger partial charge in [-0.25, -0.2) is 0 Å². The molecule has 0 saturated heterocycles. The number of nitrogens with one attached hydrogen (secondary N) is 1. The van der Waals surface area contributed by atoms with Crippen molar-refractivity contribution >= 4 is 23.2 Å². The van der Waals surface area contributed by atoms with Crippen LogP contribution in [-0.4, -0.2) is 7.05 Å². The van der Waals surface area contributed by atoms with Crippen LogP contribution < -0.4 is 10.1 Å². The van der Waals surface area contributed by atoms with E-state index in [2.05, 4.69) is 5.32 Å². The van der Waals surface area contributed by atoms with Crippen molar-refractivity contribution in [2.45, 2.75) is 13.2 Å². The van der Waals surface area contributed by atoms with Crippen LogP contribution in [0.25, 0.3) is 0 Å². The summed E-state index contributed by atoms with van der Waals surface area (Å²) in [5.74, 6) is 0.839. The molecule has 100 valence electrons.